The van der Waals surface area contributed by atoms with Gasteiger partial charge in [-0.15, -0.1) is 0 Å². The lowest BCUT2D eigenvalue weighted by Gasteiger charge is -2.22. The van der Waals surface area contributed by atoms with E-state index in [0.717, 1.165) is 11.3 Å². The molecule has 1 aliphatic heterocycles. The van der Waals surface area contributed by atoms with Crippen molar-refractivity contribution in [1.29, 1.82) is 0 Å². The summed E-state index contributed by atoms with van der Waals surface area (Å²) in [5.41, 5.74) is 0.845. The molecule has 1 aliphatic rings. The molecular weight excluding hydrogens is 245 g/mol. The summed E-state index contributed by atoms with van der Waals surface area (Å²) in [4.78, 5) is 0. The van der Waals surface area contributed by atoms with Gasteiger partial charge in [-0.1, -0.05) is 11.6 Å². The highest BCUT2D eigenvalue weighted by Gasteiger charge is 2.13. The van der Waals surface area contributed by atoms with Gasteiger partial charge in [-0.3, -0.25) is 0 Å². The lowest BCUT2D eigenvalue weighted by atomic mass is 10.1. The molecule has 0 radical (unpaired) electrons. The quantitative estimate of drug-likeness (QED) is 0.892. The van der Waals surface area contributed by atoms with Crippen molar-refractivity contribution in [3.05, 3.63) is 34.6 Å². The smallest absolute Gasteiger partial charge is 0.123 e. The Morgan fingerprint density at radius 2 is 2.38 bits per heavy atom. The molecule has 1 unspecified atom stereocenters. The SMILES string of the molecule is Fc1ccc(Cl)c(CNC2CCCSC2)c1. The summed E-state index contributed by atoms with van der Waals surface area (Å²) < 4.78 is 13.0. The molecule has 0 spiro atoms. The van der Waals surface area contributed by atoms with Gasteiger partial charge in [0.2, 0.25) is 0 Å². The minimum atomic E-state index is -0.223. The third-order valence-corrected chi connectivity index (χ3v) is 4.33. The molecule has 0 saturated carbocycles. The van der Waals surface area contributed by atoms with Gasteiger partial charge < -0.3 is 5.32 Å². The van der Waals surface area contributed by atoms with Crippen molar-refractivity contribution in [3.8, 4) is 0 Å². The standard InChI is InChI=1S/C12H15ClFNS/c13-12-4-3-10(14)6-9(12)7-15-11-2-1-5-16-8-11/h3-4,6,11,15H,1-2,5,7-8H2. The fourth-order valence-corrected chi connectivity index (χ4v) is 3.13. The zero-order valence-corrected chi connectivity index (χ0v) is 10.6. The van der Waals surface area contributed by atoms with Crippen LogP contribution in [-0.4, -0.2) is 17.5 Å². The summed E-state index contributed by atoms with van der Waals surface area (Å²) in [6.07, 6.45) is 2.47. The van der Waals surface area contributed by atoms with E-state index < -0.39 is 0 Å². The topological polar surface area (TPSA) is 12.0 Å². The molecule has 1 N–H and O–H groups in total. The minimum Gasteiger partial charge on any atom is -0.309 e. The molecule has 0 bridgehead atoms. The lowest BCUT2D eigenvalue weighted by Crippen LogP contribution is -2.33. The van der Waals surface area contributed by atoms with Crippen LogP contribution in [0.25, 0.3) is 0 Å². The molecule has 1 fully saturated rings. The summed E-state index contributed by atoms with van der Waals surface area (Å²) >= 11 is 7.98. The van der Waals surface area contributed by atoms with Gasteiger partial charge in [-0.2, -0.15) is 11.8 Å². The maximum Gasteiger partial charge on any atom is 0.123 e. The molecule has 2 rings (SSSR count). The average molecular weight is 260 g/mol. The summed E-state index contributed by atoms with van der Waals surface area (Å²) in [6, 6.07) is 5.05. The summed E-state index contributed by atoms with van der Waals surface area (Å²) in [5, 5.41) is 4.07. The maximum absolute atomic E-state index is 13.0. The van der Waals surface area contributed by atoms with E-state index in [1.807, 2.05) is 11.8 Å². The normalized spacial score (nSPS) is 21.0. The van der Waals surface area contributed by atoms with Gasteiger partial charge in [0.05, 0.1) is 0 Å². The van der Waals surface area contributed by atoms with Gasteiger partial charge in [0.15, 0.2) is 0 Å². The highest BCUT2D eigenvalue weighted by Crippen LogP contribution is 2.20. The third kappa shape index (κ3) is 3.37. The van der Waals surface area contributed by atoms with E-state index in [9.17, 15) is 4.39 Å². The first-order valence-corrected chi connectivity index (χ1v) is 7.04. The second-order valence-electron chi connectivity index (χ2n) is 4.03. The van der Waals surface area contributed by atoms with Crippen LogP contribution in [0.3, 0.4) is 0 Å². The van der Waals surface area contributed by atoms with Gasteiger partial charge in [0, 0.05) is 23.4 Å². The predicted octanol–water partition coefficient (Wildman–Crippen LogP) is 3.46. The van der Waals surface area contributed by atoms with Crippen molar-refractivity contribution in [2.24, 2.45) is 0 Å². The largest absolute Gasteiger partial charge is 0.309 e. The molecule has 1 heterocycles. The van der Waals surface area contributed by atoms with E-state index in [-0.39, 0.29) is 5.82 Å². The molecule has 4 heteroatoms. The van der Waals surface area contributed by atoms with Gasteiger partial charge in [0.25, 0.3) is 0 Å². The summed E-state index contributed by atoms with van der Waals surface area (Å²) in [6.45, 7) is 0.655. The molecule has 0 aliphatic carbocycles. The van der Waals surface area contributed by atoms with E-state index >= 15 is 0 Å². The fraction of sp³-hybridized carbons (Fsp3) is 0.500. The van der Waals surface area contributed by atoms with Crippen LogP contribution in [-0.2, 0) is 6.54 Å². The molecule has 0 aromatic heterocycles. The van der Waals surface area contributed by atoms with Crippen LogP contribution < -0.4 is 5.32 Å². The van der Waals surface area contributed by atoms with E-state index in [0.29, 0.717) is 17.6 Å². The van der Waals surface area contributed by atoms with Crippen molar-refractivity contribution < 1.29 is 4.39 Å². The molecule has 1 atom stereocenters. The van der Waals surface area contributed by atoms with Crippen molar-refractivity contribution in [1.82, 2.24) is 5.32 Å². The number of nitrogens with one attached hydrogen (secondary N) is 1. The zero-order chi connectivity index (χ0) is 11.4. The summed E-state index contributed by atoms with van der Waals surface area (Å²) in [7, 11) is 0. The van der Waals surface area contributed by atoms with Crippen molar-refractivity contribution >= 4 is 23.4 Å². The average Bonchev–Trinajstić information content (AvgIpc) is 2.32. The number of rotatable bonds is 3. The van der Waals surface area contributed by atoms with E-state index in [1.54, 1.807) is 6.07 Å². The molecule has 1 aromatic rings. The van der Waals surface area contributed by atoms with E-state index in [4.69, 9.17) is 11.6 Å². The zero-order valence-electron chi connectivity index (χ0n) is 9.01. The Labute approximate surface area is 105 Å². The molecule has 1 nitrogen and oxygen atoms in total. The first-order chi connectivity index (χ1) is 7.75. The number of benzene rings is 1. The van der Waals surface area contributed by atoms with Gasteiger partial charge >= 0.3 is 0 Å². The third-order valence-electron chi connectivity index (χ3n) is 2.75. The van der Waals surface area contributed by atoms with E-state index in [1.165, 1.54) is 30.7 Å². The van der Waals surface area contributed by atoms with Crippen molar-refractivity contribution in [2.45, 2.75) is 25.4 Å². The second-order valence-corrected chi connectivity index (χ2v) is 5.59. The molecule has 1 aromatic carbocycles. The van der Waals surface area contributed by atoms with E-state index in [2.05, 4.69) is 5.32 Å². The monoisotopic (exact) mass is 259 g/mol. The minimum absolute atomic E-state index is 0.223. The highest BCUT2D eigenvalue weighted by atomic mass is 35.5. The van der Waals surface area contributed by atoms with Crippen molar-refractivity contribution in [3.63, 3.8) is 0 Å². The van der Waals surface area contributed by atoms with Crippen LogP contribution in [0.5, 0.6) is 0 Å². The molecular formula is C12H15ClFNS. The number of hydrogen-bond acceptors (Lipinski definition) is 2. The number of halogens is 2. The Morgan fingerprint density at radius 1 is 1.50 bits per heavy atom. The van der Waals surface area contributed by atoms with Crippen LogP contribution in [0.1, 0.15) is 18.4 Å². The number of hydrogen-bond donors (Lipinski definition) is 1. The van der Waals surface area contributed by atoms with Crippen LogP contribution >= 0.6 is 23.4 Å². The Bertz CT molecular complexity index is 353. The molecule has 1 saturated heterocycles. The van der Waals surface area contributed by atoms with Crippen molar-refractivity contribution in [2.75, 3.05) is 11.5 Å². The fourth-order valence-electron chi connectivity index (χ4n) is 1.83. The Morgan fingerprint density at radius 3 is 3.12 bits per heavy atom. The molecule has 88 valence electrons. The number of thioether (sulfide) groups is 1. The first-order valence-electron chi connectivity index (χ1n) is 5.51. The van der Waals surface area contributed by atoms with Crippen LogP contribution in [0, 0.1) is 5.82 Å². The van der Waals surface area contributed by atoms with Crippen LogP contribution in [0.4, 0.5) is 4.39 Å². The molecule has 16 heavy (non-hydrogen) atoms. The second kappa shape index (κ2) is 5.89. The molecule has 0 amide bonds. The van der Waals surface area contributed by atoms with Crippen LogP contribution in [0.2, 0.25) is 5.02 Å². The van der Waals surface area contributed by atoms with Gasteiger partial charge in [-0.05, 0) is 42.4 Å². The van der Waals surface area contributed by atoms with Gasteiger partial charge in [0.1, 0.15) is 5.82 Å². The predicted molar refractivity (Wildman–Crippen MR) is 68.6 cm³/mol. The van der Waals surface area contributed by atoms with Crippen LogP contribution in [0.15, 0.2) is 18.2 Å². The maximum atomic E-state index is 13.0. The van der Waals surface area contributed by atoms with Gasteiger partial charge in [-0.25, -0.2) is 4.39 Å². The Hall–Kier alpha value is -0.250. The first kappa shape index (κ1) is 12.2. The summed E-state index contributed by atoms with van der Waals surface area (Å²) in [5.74, 6) is 2.19. The lowest BCUT2D eigenvalue weighted by molar-refractivity contribution is 0.506. The highest BCUT2D eigenvalue weighted by molar-refractivity contribution is 7.99. The Kier molecular flexibility index (Phi) is 4.50. The Balaban J connectivity index is 1.90.